The molecule has 3 aromatic heterocycles. The smallest absolute Gasteiger partial charge is 0.261 e. The van der Waals surface area contributed by atoms with Gasteiger partial charge in [-0.15, -0.1) is 0 Å². The van der Waals surface area contributed by atoms with Crippen LogP contribution < -0.4 is 21.8 Å². The maximum absolute atomic E-state index is 14.0. The lowest BCUT2D eigenvalue weighted by Gasteiger charge is -2.44. The quantitative estimate of drug-likeness (QED) is 0.226. The number of pyridine rings is 1. The fourth-order valence-electron chi connectivity index (χ4n) is 6.66. The highest BCUT2D eigenvalue weighted by molar-refractivity contribution is 6.99. The van der Waals surface area contributed by atoms with E-state index in [4.69, 9.17) is 20.9 Å². The number of imidazole rings is 1. The number of halogens is 1. The van der Waals surface area contributed by atoms with Gasteiger partial charge in [-0.05, 0) is 59.1 Å². The predicted octanol–water partition coefficient (Wildman–Crippen LogP) is 5.95. The van der Waals surface area contributed by atoms with Crippen molar-refractivity contribution >= 4 is 35.8 Å². The van der Waals surface area contributed by atoms with E-state index in [1.54, 1.807) is 16.7 Å². The first kappa shape index (κ1) is 29.0. The van der Waals surface area contributed by atoms with Crippen molar-refractivity contribution in [3.63, 3.8) is 0 Å². The molecule has 0 bridgehead atoms. The highest BCUT2D eigenvalue weighted by atomic mass is 28.4. The molecule has 0 aliphatic heterocycles. The third-order valence-corrected chi connectivity index (χ3v) is 13.9. The summed E-state index contributed by atoms with van der Waals surface area (Å²) in [6, 6.07) is 24.6. The lowest BCUT2D eigenvalue weighted by molar-refractivity contribution is 0.190. The van der Waals surface area contributed by atoms with E-state index in [2.05, 4.69) is 91.4 Å². The van der Waals surface area contributed by atoms with Crippen molar-refractivity contribution in [3.8, 4) is 11.5 Å². The zero-order chi connectivity index (χ0) is 30.2. The van der Waals surface area contributed by atoms with Crippen molar-refractivity contribution in [1.29, 1.82) is 0 Å². The minimum Gasteiger partial charge on any atom is -0.407 e. The van der Waals surface area contributed by atoms with Crippen LogP contribution in [0.5, 0.6) is 0 Å². The van der Waals surface area contributed by atoms with Crippen molar-refractivity contribution < 1.29 is 8.82 Å². The SMILES string of the molecule is CC(C)(C)[Si](OCC1CCC(c2nc(-c3cnc4ccc(F)cn34)nc(N)c2N)CC1)(c1ccccc1)c1ccccc1. The Bertz CT molecular complexity index is 1670. The zero-order valence-electron chi connectivity index (χ0n) is 25.0. The largest absolute Gasteiger partial charge is 0.407 e. The summed E-state index contributed by atoms with van der Waals surface area (Å²) in [5, 5.41) is 2.54. The molecule has 1 saturated carbocycles. The molecule has 0 unspecified atom stereocenters. The van der Waals surface area contributed by atoms with Crippen molar-refractivity contribution in [2.24, 2.45) is 5.92 Å². The molecule has 9 heteroatoms. The van der Waals surface area contributed by atoms with Gasteiger partial charge < -0.3 is 15.9 Å². The number of aromatic nitrogens is 4. The first-order valence-corrected chi connectivity index (χ1v) is 16.9. The van der Waals surface area contributed by atoms with Crippen molar-refractivity contribution in [2.45, 2.75) is 57.4 Å². The van der Waals surface area contributed by atoms with Gasteiger partial charge in [0, 0.05) is 18.7 Å². The number of hydrogen-bond donors (Lipinski definition) is 2. The molecule has 3 heterocycles. The Hall–Kier alpha value is -4.08. The minimum absolute atomic E-state index is 0.0585. The van der Waals surface area contributed by atoms with E-state index in [-0.39, 0.29) is 22.6 Å². The van der Waals surface area contributed by atoms with Gasteiger partial charge in [0.1, 0.15) is 17.2 Å². The number of fused-ring (bicyclic) bond motifs is 1. The second kappa shape index (κ2) is 11.5. The topological polar surface area (TPSA) is 104 Å². The van der Waals surface area contributed by atoms with Gasteiger partial charge in [-0.3, -0.25) is 4.40 Å². The molecule has 4 N–H and O–H groups in total. The summed E-state index contributed by atoms with van der Waals surface area (Å²) in [7, 11) is -2.59. The summed E-state index contributed by atoms with van der Waals surface area (Å²) >= 11 is 0. The second-order valence-electron chi connectivity index (χ2n) is 12.6. The number of nitrogen functional groups attached to an aromatic ring is 2. The molecule has 0 spiro atoms. The van der Waals surface area contributed by atoms with Gasteiger partial charge >= 0.3 is 0 Å². The summed E-state index contributed by atoms with van der Waals surface area (Å²) in [5.41, 5.74) is 15.1. The van der Waals surface area contributed by atoms with Crippen LogP contribution in [0.4, 0.5) is 15.9 Å². The molecule has 2 aromatic carbocycles. The molecule has 0 atom stereocenters. The summed E-state index contributed by atoms with van der Waals surface area (Å²) < 4.78 is 22.9. The molecule has 1 aliphatic carbocycles. The van der Waals surface area contributed by atoms with Crippen molar-refractivity contribution in [1.82, 2.24) is 19.4 Å². The standard InChI is InChI=1S/C34H39FN6OSi/c1-34(2,3)43(26-10-6-4-7-11-26,27-12-8-5-9-13-27)42-22-23-14-16-24(17-15-23)31-30(36)32(37)40-33(39-31)28-20-38-29-19-18-25(35)21-41(28)29/h4-13,18-21,23-24H,14-17,22,36H2,1-3H3,(H2,37,39,40). The van der Waals surface area contributed by atoms with E-state index in [1.165, 1.54) is 22.6 Å². The zero-order valence-corrected chi connectivity index (χ0v) is 26.0. The Kier molecular flexibility index (Phi) is 7.79. The fourth-order valence-corrected chi connectivity index (χ4v) is 11.3. The van der Waals surface area contributed by atoms with Crippen molar-refractivity contribution in [2.75, 3.05) is 18.1 Å². The first-order valence-electron chi connectivity index (χ1n) is 15.0. The molecular formula is C34H39FN6OSi. The third kappa shape index (κ3) is 5.43. The monoisotopic (exact) mass is 594 g/mol. The number of nitrogens with zero attached hydrogens (tertiary/aromatic N) is 4. The number of anilines is 2. The Morgan fingerprint density at radius 3 is 2.12 bits per heavy atom. The van der Waals surface area contributed by atoms with E-state index in [9.17, 15) is 4.39 Å². The van der Waals surface area contributed by atoms with E-state index < -0.39 is 8.32 Å². The van der Waals surface area contributed by atoms with Crippen LogP contribution in [0.2, 0.25) is 5.04 Å². The minimum atomic E-state index is -2.59. The molecule has 0 radical (unpaired) electrons. The molecule has 5 aromatic rings. The highest BCUT2D eigenvalue weighted by Crippen LogP contribution is 2.41. The van der Waals surface area contributed by atoms with E-state index in [1.807, 2.05) is 0 Å². The molecular weight excluding hydrogens is 555 g/mol. The first-order chi connectivity index (χ1) is 20.7. The average Bonchev–Trinajstić information content (AvgIpc) is 3.43. The third-order valence-electron chi connectivity index (χ3n) is 8.89. The molecule has 1 aliphatic rings. The van der Waals surface area contributed by atoms with Crippen LogP contribution in [0.3, 0.4) is 0 Å². The van der Waals surface area contributed by atoms with Gasteiger partial charge in [0.05, 0.1) is 17.6 Å². The van der Waals surface area contributed by atoms with Crippen LogP contribution in [0.1, 0.15) is 58.1 Å². The molecule has 0 saturated heterocycles. The van der Waals surface area contributed by atoms with Gasteiger partial charge in [0.2, 0.25) is 0 Å². The Balaban J connectivity index is 1.23. The van der Waals surface area contributed by atoms with Gasteiger partial charge in [-0.25, -0.2) is 19.3 Å². The normalized spacial score (nSPS) is 17.8. The van der Waals surface area contributed by atoms with Crippen LogP contribution in [0.25, 0.3) is 17.2 Å². The van der Waals surface area contributed by atoms with Crippen LogP contribution in [0, 0.1) is 11.7 Å². The molecule has 7 nitrogen and oxygen atoms in total. The maximum atomic E-state index is 14.0. The van der Waals surface area contributed by atoms with Crippen LogP contribution in [-0.2, 0) is 4.43 Å². The van der Waals surface area contributed by atoms with Gasteiger partial charge in [-0.2, -0.15) is 0 Å². The Morgan fingerprint density at radius 1 is 0.884 bits per heavy atom. The van der Waals surface area contributed by atoms with Crippen LogP contribution >= 0.6 is 0 Å². The molecule has 1 fully saturated rings. The average molecular weight is 595 g/mol. The number of hydrogen-bond acceptors (Lipinski definition) is 6. The van der Waals surface area contributed by atoms with Gasteiger partial charge in [0.15, 0.2) is 11.6 Å². The van der Waals surface area contributed by atoms with E-state index in [0.29, 0.717) is 35.4 Å². The Morgan fingerprint density at radius 2 is 1.51 bits per heavy atom. The summed E-state index contributed by atoms with van der Waals surface area (Å²) in [5.74, 6) is 0.859. The number of benzene rings is 2. The fraction of sp³-hybridized carbons (Fsp3) is 0.324. The molecule has 222 valence electrons. The van der Waals surface area contributed by atoms with E-state index >= 15 is 0 Å². The van der Waals surface area contributed by atoms with Gasteiger partial charge in [0.25, 0.3) is 8.32 Å². The lowest BCUT2D eigenvalue weighted by atomic mass is 9.80. The number of rotatable bonds is 7. The molecule has 6 rings (SSSR count). The lowest BCUT2D eigenvalue weighted by Crippen LogP contribution is -2.66. The van der Waals surface area contributed by atoms with Crippen LogP contribution in [0.15, 0.2) is 85.2 Å². The highest BCUT2D eigenvalue weighted by Gasteiger charge is 2.50. The summed E-state index contributed by atoms with van der Waals surface area (Å²) in [6.07, 6.45) is 6.88. The maximum Gasteiger partial charge on any atom is 0.261 e. The Labute approximate surface area is 253 Å². The summed E-state index contributed by atoms with van der Waals surface area (Å²) in [4.78, 5) is 13.7. The molecule has 43 heavy (non-hydrogen) atoms. The molecule has 0 amide bonds. The second-order valence-corrected chi connectivity index (χ2v) is 16.9. The van der Waals surface area contributed by atoms with Crippen molar-refractivity contribution in [3.05, 3.63) is 96.7 Å². The van der Waals surface area contributed by atoms with Gasteiger partial charge in [-0.1, -0.05) is 81.4 Å². The predicted molar refractivity (Wildman–Crippen MR) is 173 cm³/mol. The van der Waals surface area contributed by atoms with E-state index in [0.717, 1.165) is 31.4 Å². The summed E-state index contributed by atoms with van der Waals surface area (Å²) in [6.45, 7) is 7.65. The van der Waals surface area contributed by atoms with Crippen LogP contribution in [-0.4, -0.2) is 34.3 Å². The number of nitrogens with two attached hydrogens (primary N) is 2.